The molecule has 0 spiro atoms. The number of nitrogens with zero attached hydrogens (tertiary/aromatic N) is 1. The van der Waals surface area contributed by atoms with Crippen LogP contribution in [0.3, 0.4) is 0 Å². The van der Waals surface area contributed by atoms with E-state index >= 15 is 0 Å². The summed E-state index contributed by atoms with van der Waals surface area (Å²) in [5.74, 6) is 0.563. The fourth-order valence-corrected chi connectivity index (χ4v) is 7.04. The van der Waals surface area contributed by atoms with Crippen molar-refractivity contribution in [2.75, 3.05) is 0 Å². The van der Waals surface area contributed by atoms with Gasteiger partial charge < -0.3 is 0 Å². The molecule has 0 amide bonds. The lowest BCUT2D eigenvalue weighted by Gasteiger charge is -2.44. The minimum absolute atomic E-state index is 0.0225. The number of hydrogen-bond acceptors (Lipinski definition) is 0. The lowest BCUT2D eigenvalue weighted by molar-refractivity contribution is -0.762. The monoisotopic (exact) mass is 412 g/mol. The van der Waals surface area contributed by atoms with Crippen molar-refractivity contribution in [3.05, 3.63) is 64.8 Å². The van der Waals surface area contributed by atoms with Crippen LogP contribution in [0.2, 0.25) is 0 Å². The molecular formula is C30H38N+. The highest BCUT2D eigenvalue weighted by atomic mass is 15.1. The van der Waals surface area contributed by atoms with Crippen LogP contribution >= 0.6 is 0 Å². The number of pyridine rings is 1. The van der Waals surface area contributed by atoms with Crippen molar-refractivity contribution in [2.24, 2.45) is 0 Å². The first-order valence-corrected chi connectivity index (χ1v) is 12.6. The Labute approximate surface area is 188 Å². The number of benzene rings is 2. The Morgan fingerprint density at radius 1 is 0.935 bits per heavy atom. The summed E-state index contributed by atoms with van der Waals surface area (Å²) in [6.45, 7) is 14.4. The minimum atomic E-state index is 0.0225. The summed E-state index contributed by atoms with van der Waals surface area (Å²) < 4.78 is 2.71. The second kappa shape index (κ2) is 7.19. The van der Waals surface area contributed by atoms with E-state index in [-0.39, 0.29) is 11.0 Å². The molecule has 5 rings (SSSR count). The van der Waals surface area contributed by atoms with Gasteiger partial charge in [-0.15, -0.1) is 0 Å². The molecule has 0 N–H and O–H groups in total. The fourth-order valence-electron chi connectivity index (χ4n) is 7.04. The van der Waals surface area contributed by atoms with Crippen LogP contribution in [0.5, 0.6) is 0 Å². The third-order valence-electron chi connectivity index (χ3n) is 8.75. The molecule has 31 heavy (non-hydrogen) atoms. The summed E-state index contributed by atoms with van der Waals surface area (Å²) in [6.07, 6.45) is 9.64. The van der Waals surface area contributed by atoms with E-state index < -0.39 is 0 Å². The molecule has 1 nitrogen and oxygen atoms in total. The van der Waals surface area contributed by atoms with Gasteiger partial charge in [0.25, 0.3) is 0 Å². The van der Waals surface area contributed by atoms with Crippen LogP contribution in [0.1, 0.15) is 102 Å². The molecule has 0 bridgehead atoms. The quantitative estimate of drug-likeness (QED) is 0.364. The summed E-state index contributed by atoms with van der Waals surface area (Å²) >= 11 is 0. The van der Waals surface area contributed by atoms with Crippen molar-refractivity contribution >= 4 is 10.8 Å². The molecule has 2 aromatic carbocycles. The van der Waals surface area contributed by atoms with Crippen LogP contribution in [-0.4, -0.2) is 0 Å². The van der Waals surface area contributed by atoms with Gasteiger partial charge in [-0.3, -0.25) is 0 Å². The van der Waals surface area contributed by atoms with Crippen LogP contribution < -0.4 is 4.57 Å². The van der Waals surface area contributed by atoms with Gasteiger partial charge in [0.2, 0.25) is 5.69 Å². The van der Waals surface area contributed by atoms with Crippen molar-refractivity contribution in [3.8, 4) is 11.3 Å². The maximum absolute atomic E-state index is 2.71. The van der Waals surface area contributed by atoms with Crippen molar-refractivity contribution in [2.45, 2.75) is 96.9 Å². The van der Waals surface area contributed by atoms with E-state index in [1.54, 1.807) is 5.56 Å². The molecule has 162 valence electrons. The third kappa shape index (κ3) is 2.58. The Balaban J connectivity index is 1.95. The maximum Gasteiger partial charge on any atom is 0.221 e. The van der Waals surface area contributed by atoms with E-state index in [1.165, 1.54) is 77.2 Å². The van der Waals surface area contributed by atoms with Crippen LogP contribution in [-0.2, 0) is 17.4 Å². The van der Waals surface area contributed by atoms with Crippen LogP contribution in [0.4, 0.5) is 0 Å². The number of unbranched alkanes of at least 4 members (excludes halogenated alkanes) is 1. The predicted molar refractivity (Wildman–Crippen MR) is 132 cm³/mol. The molecule has 0 saturated heterocycles. The van der Waals surface area contributed by atoms with Crippen LogP contribution in [0, 0.1) is 0 Å². The largest absolute Gasteiger partial charge is 0.221 e. The topological polar surface area (TPSA) is 3.88 Å². The van der Waals surface area contributed by atoms with E-state index in [1.807, 2.05) is 0 Å². The lowest BCUT2D eigenvalue weighted by Crippen LogP contribution is -2.62. The second-order valence-electron chi connectivity index (χ2n) is 10.4. The van der Waals surface area contributed by atoms with Crippen molar-refractivity contribution in [1.82, 2.24) is 0 Å². The van der Waals surface area contributed by atoms with Crippen molar-refractivity contribution in [1.29, 1.82) is 0 Å². The SMILES string of the molecule is CCCCc1cc2c3c4[n+](ccc3c1)C(CC)(CC)C(CC)c1cccc(c1-4)C2(C)C. The molecule has 1 atom stereocenters. The average Bonchev–Trinajstić information content (AvgIpc) is 2.79. The highest BCUT2D eigenvalue weighted by Crippen LogP contribution is 2.55. The van der Waals surface area contributed by atoms with Crippen molar-refractivity contribution in [3.63, 3.8) is 0 Å². The molecule has 2 aliphatic rings. The zero-order chi connectivity index (χ0) is 22.0. The van der Waals surface area contributed by atoms with Crippen LogP contribution in [0.25, 0.3) is 22.0 Å². The first kappa shape index (κ1) is 20.7. The third-order valence-corrected chi connectivity index (χ3v) is 8.75. The Morgan fingerprint density at radius 3 is 2.39 bits per heavy atom. The molecule has 1 aliphatic carbocycles. The smallest absolute Gasteiger partial charge is 0.192 e. The summed E-state index contributed by atoms with van der Waals surface area (Å²) in [6, 6.07) is 14.6. The van der Waals surface area contributed by atoms with Crippen molar-refractivity contribution < 1.29 is 4.57 Å². The van der Waals surface area contributed by atoms with E-state index in [0.29, 0.717) is 5.92 Å². The second-order valence-corrected chi connectivity index (χ2v) is 10.4. The van der Waals surface area contributed by atoms with Crippen LogP contribution in [0.15, 0.2) is 42.6 Å². The summed E-state index contributed by atoms with van der Waals surface area (Å²) in [5, 5.41) is 2.94. The molecule has 0 radical (unpaired) electrons. The maximum atomic E-state index is 2.71. The lowest BCUT2D eigenvalue weighted by atomic mass is 9.62. The molecule has 3 aromatic rings. The Morgan fingerprint density at radius 2 is 1.71 bits per heavy atom. The molecular weight excluding hydrogens is 374 g/mol. The first-order chi connectivity index (χ1) is 14.9. The normalized spacial score (nSPS) is 19.6. The average molecular weight is 413 g/mol. The van der Waals surface area contributed by atoms with E-state index in [0.717, 1.165) is 0 Å². The van der Waals surface area contributed by atoms with E-state index in [4.69, 9.17) is 0 Å². The fraction of sp³-hybridized carbons (Fsp3) is 0.500. The highest BCUT2D eigenvalue weighted by molar-refractivity contribution is 6.01. The first-order valence-electron chi connectivity index (χ1n) is 12.6. The summed E-state index contributed by atoms with van der Waals surface area (Å²) in [4.78, 5) is 0. The van der Waals surface area contributed by atoms with E-state index in [9.17, 15) is 0 Å². The van der Waals surface area contributed by atoms with Gasteiger partial charge in [-0.2, -0.15) is 4.57 Å². The van der Waals surface area contributed by atoms with Gasteiger partial charge in [-0.1, -0.05) is 78.3 Å². The Kier molecular flexibility index (Phi) is 4.81. The van der Waals surface area contributed by atoms with Gasteiger partial charge in [0.15, 0.2) is 11.7 Å². The molecule has 0 saturated carbocycles. The molecule has 1 aliphatic heterocycles. The van der Waals surface area contributed by atoms with Gasteiger partial charge in [0.1, 0.15) is 0 Å². The molecule has 0 fully saturated rings. The van der Waals surface area contributed by atoms with E-state index in [2.05, 4.69) is 88.7 Å². The summed E-state index contributed by atoms with van der Waals surface area (Å²) in [5.41, 5.74) is 9.35. The van der Waals surface area contributed by atoms with Gasteiger partial charge in [0, 0.05) is 30.2 Å². The standard InChI is InChI=1S/C30H38N/c1-7-11-13-20-18-21-16-17-31-28-26(21)25(19-20)29(5,6)24-15-12-14-22(27(24)28)23(8-2)30(31,9-3)10-4/h12,14-19,23H,7-11,13H2,1-6H3/q+1. The van der Waals surface area contributed by atoms with Gasteiger partial charge in [-0.25, -0.2) is 0 Å². The van der Waals surface area contributed by atoms with Gasteiger partial charge in [-0.05, 0) is 46.9 Å². The zero-order valence-corrected chi connectivity index (χ0v) is 20.3. The molecule has 2 heterocycles. The number of aromatic nitrogens is 1. The molecule has 1 aromatic heterocycles. The number of rotatable bonds is 6. The Hall–Kier alpha value is -2.15. The van der Waals surface area contributed by atoms with Gasteiger partial charge in [0.05, 0.1) is 10.9 Å². The zero-order valence-electron chi connectivity index (χ0n) is 20.3. The molecule has 1 unspecified atom stereocenters. The summed E-state index contributed by atoms with van der Waals surface area (Å²) in [7, 11) is 0. The van der Waals surface area contributed by atoms with Gasteiger partial charge >= 0.3 is 0 Å². The Bertz CT molecular complexity index is 1160. The minimum Gasteiger partial charge on any atom is -0.192 e. The molecule has 1 heteroatoms. The number of aryl methyl sites for hydroxylation is 1. The number of hydrogen-bond donors (Lipinski definition) is 0. The highest BCUT2D eigenvalue weighted by Gasteiger charge is 2.54. The predicted octanol–water partition coefficient (Wildman–Crippen LogP) is 7.80.